The van der Waals surface area contributed by atoms with Crippen molar-refractivity contribution >= 4 is 51.8 Å². The molecule has 0 saturated heterocycles. The molecule has 0 aliphatic heterocycles. The number of halogens is 2. The SMILES string of the molecule is Cc1ccc(C(N)=S)c(Nc2c(Cl)cccc2Cl)c1. The number of rotatable bonds is 3. The summed E-state index contributed by atoms with van der Waals surface area (Å²) in [5.41, 5.74) is 9.01. The number of para-hydroxylation sites is 1. The van der Waals surface area contributed by atoms with E-state index in [1.165, 1.54) is 0 Å². The number of hydrogen-bond donors (Lipinski definition) is 2. The molecule has 0 radical (unpaired) electrons. The number of anilines is 2. The van der Waals surface area contributed by atoms with Gasteiger partial charge in [0.1, 0.15) is 4.99 Å². The molecule has 2 aromatic rings. The zero-order valence-electron chi connectivity index (χ0n) is 10.2. The molecular formula is C14H12Cl2N2S. The van der Waals surface area contributed by atoms with Crippen LogP contribution < -0.4 is 11.1 Å². The summed E-state index contributed by atoms with van der Waals surface area (Å²) in [5, 5.41) is 4.29. The Hall–Kier alpha value is -1.29. The van der Waals surface area contributed by atoms with Gasteiger partial charge >= 0.3 is 0 Å². The Balaban J connectivity index is 2.49. The lowest BCUT2D eigenvalue weighted by Gasteiger charge is -2.14. The monoisotopic (exact) mass is 310 g/mol. The van der Waals surface area contributed by atoms with Gasteiger partial charge in [0.2, 0.25) is 0 Å². The van der Waals surface area contributed by atoms with E-state index in [9.17, 15) is 0 Å². The van der Waals surface area contributed by atoms with Gasteiger partial charge in [0.05, 0.1) is 15.7 Å². The topological polar surface area (TPSA) is 38.0 Å². The van der Waals surface area contributed by atoms with Crippen LogP contribution in [0.5, 0.6) is 0 Å². The van der Waals surface area contributed by atoms with Gasteiger partial charge in [-0.15, -0.1) is 0 Å². The Bertz CT molecular complexity index is 621. The molecule has 2 aromatic carbocycles. The van der Waals surface area contributed by atoms with Crippen LogP contribution in [0.25, 0.3) is 0 Å². The molecule has 0 aliphatic carbocycles. The summed E-state index contributed by atoms with van der Waals surface area (Å²) in [6, 6.07) is 11.1. The highest BCUT2D eigenvalue weighted by molar-refractivity contribution is 7.80. The van der Waals surface area contributed by atoms with Crippen LogP contribution in [0.2, 0.25) is 10.0 Å². The minimum atomic E-state index is 0.325. The van der Waals surface area contributed by atoms with Gasteiger partial charge in [0.25, 0.3) is 0 Å². The third kappa shape index (κ3) is 3.18. The molecule has 2 rings (SSSR count). The molecule has 5 heteroatoms. The molecule has 0 bridgehead atoms. The minimum Gasteiger partial charge on any atom is -0.389 e. The summed E-state index contributed by atoms with van der Waals surface area (Å²) < 4.78 is 0. The van der Waals surface area contributed by atoms with E-state index in [2.05, 4.69) is 5.32 Å². The average molecular weight is 311 g/mol. The van der Waals surface area contributed by atoms with Crippen LogP contribution in [0.1, 0.15) is 11.1 Å². The number of thiocarbonyl (C=S) groups is 1. The molecule has 0 aromatic heterocycles. The van der Waals surface area contributed by atoms with E-state index in [1.54, 1.807) is 18.2 Å². The number of aryl methyl sites for hydroxylation is 1. The van der Waals surface area contributed by atoms with Crippen LogP contribution >= 0.6 is 35.4 Å². The molecule has 98 valence electrons. The summed E-state index contributed by atoms with van der Waals surface area (Å²) >= 11 is 17.3. The molecule has 0 atom stereocenters. The van der Waals surface area contributed by atoms with Crippen molar-refractivity contribution in [3.8, 4) is 0 Å². The van der Waals surface area contributed by atoms with Crippen molar-refractivity contribution in [3.05, 3.63) is 57.6 Å². The molecule has 2 nitrogen and oxygen atoms in total. The maximum absolute atomic E-state index is 6.14. The third-order valence-electron chi connectivity index (χ3n) is 2.66. The fraction of sp³-hybridized carbons (Fsp3) is 0.0714. The Morgan fingerprint density at radius 2 is 1.79 bits per heavy atom. The smallest absolute Gasteiger partial charge is 0.106 e. The molecule has 0 spiro atoms. The average Bonchev–Trinajstić information content (AvgIpc) is 2.33. The van der Waals surface area contributed by atoms with Crippen molar-refractivity contribution < 1.29 is 0 Å². The van der Waals surface area contributed by atoms with E-state index in [4.69, 9.17) is 41.2 Å². The normalized spacial score (nSPS) is 10.3. The summed E-state index contributed by atoms with van der Waals surface area (Å²) in [6.07, 6.45) is 0. The first kappa shape index (κ1) is 14.1. The van der Waals surface area contributed by atoms with Crippen LogP contribution in [-0.4, -0.2) is 4.99 Å². The van der Waals surface area contributed by atoms with E-state index in [-0.39, 0.29) is 0 Å². The quantitative estimate of drug-likeness (QED) is 0.808. The highest BCUT2D eigenvalue weighted by Gasteiger charge is 2.10. The van der Waals surface area contributed by atoms with Gasteiger partial charge in [0, 0.05) is 11.3 Å². The predicted molar refractivity (Wildman–Crippen MR) is 86.8 cm³/mol. The fourth-order valence-corrected chi connectivity index (χ4v) is 2.40. The van der Waals surface area contributed by atoms with Crippen molar-refractivity contribution in [1.82, 2.24) is 0 Å². The molecule has 0 unspecified atom stereocenters. The molecule has 0 saturated carbocycles. The van der Waals surface area contributed by atoms with Gasteiger partial charge in [-0.3, -0.25) is 0 Å². The molecule has 0 aliphatic rings. The van der Waals surface area contributed by atoms with E-state index >= 15 is 0 Å². The summed E-state index contributed by atoms with van der Waals surface area (Å²) in [6.45, 7) is 1.99. The summed E-state index contributed by atoms with van der Waals surface area (Å²) in [5.74, 6) is 0. The molecule has 0 fully saturated rings. The van der Waals surface area contributed by atoms with Crippen molar-refractivity contribution in [2.24, 2.45) is 5.73 Å². The van der Waals surface area contributed by atoms with Gasteiger partial charge in [-0.05, 0) is 36.8 Å². The second kappa shape index (κ2) is 5.78. The zero-order valence-corrected chi connectivity index (χ0v) is 12.5. The van der Waals surface area contributed by atoms with Crippen LogP contribution in [0.15, 0.2) is 36.4 Å². The molecule has 0 amide bonds. The van der Waals surface area contributed by atoms with Gasteiger partial charge in [-0.2, -0.15) is 0 Å². The fourth-order valence-electron chi connectivity index (χ4n) is 1.73. The Labute approximate surface area is 127 Å². The van der Waals surface area contributed by atoms with E-state index < -0.39 is 0 Å². The van der Waals surface area contributed by atoms with Crippen LogP contribution in [0.3, 0.4) is 0 Å². The number of hydrogen-bond acceptors (Lipinski definition) is 2. The maximum atomic E-state index is 6.14. The first-order valence-corrected chi connectivity index (χ1v) is 6.77. The maximum Gasteiger partial charge on any atom is 0.106 e. The predicted octanol–water partition coefficient (Wildman–Crippen LogP) is 4.68. The summed E-state index contributed by atoms with van der Waals surface area (Å²) in [7, 11) is 0. The second-order valence-electron chi connectivity index (χ2n) is 4.13. The van der Waals surface area contributed by atoms with E-state index in [0.717, 1.165) is 16.8 Å². The Morgan fingerprint density at radius 1 is 1.16 bits per heavy atom. The molecular weight excluding hydrogens is 299 g/mol. The van der Waals surface area contributed by atoms with Crippen molar-refractivity contribution in [2.75, 3.05) is 5.32 Å². The van der Waals surface area contributed by atoms with Gasteiger partial charge in [0.15, 0.2) is 0 Å². The van der Waals surface area contributed by atoms with E-state index in [1.807, 2.05) is 25.1 Å². The van der Waals surface area contributed by atoms with E-state index in [0.29, 0.717) is 20.7 Å². The van der Waals surface area contributed by atoms with Gasteiger partial charge in [-0.1, -0.05) is 47.6 Å². The lowest BCUT2D eigenvalue weighted by molar-refractivity contribution is 1.43. The third-order valence-corrected chi connectivity index (χ3v) is 3.51. The first-order valence-electron chi connectivity index (χ1n) is 5.60. The van der Waals surface area contributed by atoms with Crippen molar-refractivity contribution in [2.45, 2.75) is 6.92 Å². The highest BCUT2D eigenvalue weighted by atomic mass is 35.5. The van der Waals surface area contributed by atoms with Crippen molar-refractivity contribution in [1.29, 1.82) is 0 Å². The molecule has 0 heterocycles. The Kier molecular flexibility index (Phi) is 4.30. The lowest BCUT2D eigenvalue weighted by Crippen LogP contribution is -2.12. The molecule has 19 heavy (non-hydrogen) atoms. The van der Waals surface area contributed by atoms with Crippen LogP contribution in [0.4, 0.5) is 11.4 Å². The second-order valence-corrected chi connectivity index (χ2v) is 5.39. The zero-order chi connectivity index (χ0) is 14.0. The minimum absolute atomic E-state index is 0.325. The van der Waals surface area contributed by atoms with Gasteiger partial charge < -0.3 is 11.1 Å². The summed E-state index contributed by atoms with van der Waals surface area (Å²) in [4.78, 5) is 0.325. The number of benzene rings is 2. The molecule has 3 N–H and O–H groups in total. The van der Waals surface area contributed by atoms with Crippen molar-refractivity contribution in [3.63, 3.8) is 0 Å². The standard InChI is InChI=1S/C14H12Cl2N2S/c1-8-5-6-9(14(17)19)12(7-8)18-13-10(15)3-2-4-11(13)16/h2-7,18H,1H3,(H2,17,19). The van der Waals surface area contributed by atoms with Gasteiger partial charge in [-0.25, -0.2) is 0 Å². The Morgan fingerprint density at radius 3 is 2.37 bits per heavy atom. The van der Waals surface area contributed by atoms with Crippen LogP contribution in [0, 0.1) is 6.92 Å². The number of nitrogens with one attached hydrogen (secondary N) is 1. The highest BCUT2D eigenvalue weighted by Crippen LogP contribution is 2.33. The largest absolute Gasteiger partial charge is 0.389 e. The number of nitrogens with two attached hydrogens (primary N) is 1. The lowest BCUT2D eigenvalue weighted by atomic mass is 10.1. The van der Waals surface area contributed by atoms with Crippen LogP contribution in [-0.2, 0) is 0 Å². The first-order chi connectivity index (χ1) is 8.99.